The molecule has 0 saturated heterocycles. The first kappa shape index (κ1) is 22.4. The monoisotopic (exact) mass is 435 g/mol. The fourth-order valence-electron chi connectivity index (χ4n) is 3.56. The molecule has 0 bridgehead atoms. The standard InChI is InChI=1S/C25H25NO4S/c1-30-24(29)26-22(23(27)28)17-18-31-25(19-11-5-2-6-12-19,20-13-7-3-8-14-20)21-15-9-4-10-16-21/h2-16,22H,17-18H2,1H3,(H,26,29)(H,27,28). The highest BCUT2D eigenvalue weighted by Gasteiger charge is 2.37. The van der Waals surface area contributed by atoms with Gasteiger partial charge in [-0.15, -0.1) is 11.8 Å². The van der Waals surface area contributed by atoms with Crippen molar-refractivity contribution in [1.29, 1.82) is 0 Å². The van der Waals surface area contributed by atoms with Crippen LogP contribution in [0.15, 0.2) is 91.0 Å². The molecule has 0 aliphatic heterocycles. The molecular weight excluding hydrogens is 410 g/mol. The number of carbonyl (C=O) groups excluding carboxylic acids is 1. The van der Waals surface area contributed by atoms with E-state index in [1.807, 2.05) is 54.6 Å². The van der Waals surface area contributed by atoms with E-state index in [0.717, 1.165) is 16.7 Å². The van der Waals surface area contributed by atoms with E-state index in [0.29, 0.717) is 5.75 Å². The summed E-state index contributed by atoms with van der Waals surface area (Å²) in [5.74, 6) is -0.588. The second kappa shape index (κ2) is 10.7. The van der Waals surface area contributed by atoms with Crippen molar-refractivity contribution in [2.24, 2.45) is 0 Å². The SMILES string of the molecule is COC(=O)NC(CCSC(c1ccccc1)(c1ccccc1)c1ccccc1)C(=O)O. The zero-order chi connectivity index (χ0) is 22.1. The Morgan fingerprint density at radius 1 is 0.871 bits per heavy atom. The number of methoxy groups -OCH3 is 1. The molecule has 0 aliphatic carbocycles. The van der Waals surface area contributed by atoms with Gasteiger partial charge < -0.3 is 15.2 Å². The maximum absolute atomic E-state index is 11.6. The molecule has 1 atom stereocenters. The van der Waals surface area contributed by atoms with Gasteiger partial charge in [0.15, 0.2) is 0 Å². The maximum atomic E-state index is 11.6. The number of benzene rings is 3. The van der Waals surface area contributed by atoms with Gasteiger partial charge in [-0.25, -0.2) is 9.59 Å². The molecule has 3 aromatic carbocycles. The third-order valence-corrected chi connectivity index (χ3v) is 6.62. The Labute approximate surface area is 186 Å². The molecule has 0 fully saturated rings. The molecular formula is C25H25NO4S. The van der Waals surface area contributed by atoms with Gasteiger partial charge in [-0.05, 0) is 28.9 Å². The summed E-state index contributed by atoms with van der Waals surface area (Å²) in [6.07, 6.45) is -0.499. The third-order valence-electron chi connectivity index (χ3n) is 5.04. The van der Waals surface area contributed by atoms with E-state index in [1.54, 1.807) is 11.8 Å². The number of nitrogens with one attached hydrogen (secondary N) is 1. The largest absolute Gasteiger partial charge is 0.480 e. The molecule has 160 valence electrons. The van der Waals surface area contributed by atoms with Gasteiger partial charge in [0.25, 0.3) is 0 Å². The number of hydrogen-bond donors (Lipinski definition) is 2. The minimum atomic E-state index is -1.09. The van der Waals surface area contributed by atoms with E-state index in [4.69, 9.17) is 0 Å². The summed E-state index contributed by atoms with van der Waals surface area (Å²) in [7, 11) is 1.22. The van der Waals surface area contributed by atoms with Crippen molar-refractivity contribution >= 4 is 23.8 Å². The lowest BCUT2D eigenvalue weighted by atomic mass is 9.84. The average Bonchev–Trinajstić information content (AvgIpc) is 2.82. The van der Waals surface area contributed by atoms with E-state index in [1.165, 1.54) is 7.11 Å². The van der Waals surface area contributed by atoms with Gasteiger partial charge >= 0.3 is 12.1 Å². The molecule has 6 heteroatoms. The van der Waals surface area contributed by atoms with Crippen molar-refractivity contribution in [2.45, 2.75) is 17.2 Å². The van der Waals surface area contributed by atoms with Crippen LogP contribution in [-0.4, -0.2) is 36.1 Å². The summed E-state index contributed by atoms with van der Waals surface area (Å²) in [6, 6.07) is 29.5. The third kappa shape index (κ3) is 5.27. The van der Waals surface area contributed by atoms with Crippen molar-refractivity contribution < 1.29 is 19.4 Å². The lowest BCUT2D eigenvalue weighted by Gasteiger charge is -2.35. The molecule has 0 aliphatic rings. The van der Waals surface area contributed by atoms with Crippen LogP contribution in [0.4, 0.5) is 4.79 Å². The van der Waals surface area contributed by atoms with Crippen LogP contribution in [0, 0.1) is 0 Å². The molecule has 0 radical (unpaired) electrons. The van der Waals surface area contributed by atoms with E-state index in [9.17, 15) is 14.7 Å². The molecule has 0 aromatic heterocycles. The van der Waals surface area contributed by atoms with Crippen LogP contribution in [0.5, 0.6) is 0 Å². The fourth-order valence-corrected chi connectivity index (χ4v) is 5.13. The van der Waals surface area contributed by atoms with E-state index >= 15 is 0 Å². The number of carbonyl (C=O) groups is 2. The molecule has 2 N–H and O–H groups in total. The molecule has 1 amide bonds. The van der Waals surface area contributed by atoms with Crippen LogP contribution in [0.2, 0.25) is 0 Å². The van der Waals surface area contributed by atoms with Crippen molar-refractivity contribution in [3.05, 3.63) is 108 Å². The smallest absolute Gasteiger partial charge is 0.407 e. The molecule has 3 aromatic rings. The van der Waals surface area contributed by atoms with Gasteiger partial charge in [0.05, 0.1) is 11.9 Å². The number of rotatable bonds is 9. The molecule has 0 spiro atoms. The number of amides is 1. The van der Waals surface area contributed by atoms with E-state index in [2.05, 4.69) is 46.5 Å². The van der Waals surface area contributed by atoms with Crippen molar-refractivity contribution in [3.63, 3.8) is 0 Å². The first-order valence-electron chi connectivity index (χ1n) is 9.95. The zero-order valence-electron chi connectivity index (χ0n) is 17.2. The summed E-state index contributed by atoms with van der Waals surface area (Å²) in [4.78, 5) is 23.2. The number of ether oxygens (including phenoxy) is 1. The van der Waals surface area contributed by atoms with Crippen molar-refractivity contribution in [1.82, 2.24) is 5.32 Å². The van der Waals surface area contributed by atoms with E-state index in [-0.39, 0.29) is 6.42 Å². The minimum absolute atomic E-state index is 0.253. The minimum Gasteiger partial charge on any atom is -0.480 e. The number of thioether (sulfide) groups is 1. The highest BCUT2D eigenvalue weighted by atomic mass is 32.2. The van der Waals surface area contributed by atoms with Gasteiger partial charge in [0.1, 0.15) is 6.04 Å². The number of alkyl carbamates (subject to hydrolysis) is 1. The fraction of sp³-hybridized carbons (Fsp3) is 0.200. The Morgan fingerprint density at radius 2 is 1.29 bits per heavy atom. The van der Waals surface area contributed by atoms with Crippen LogP contribution in [0.3, 0.4) is 0 Å². The Morgan fingerprint density at radius 3 is 1.65 bits per heavy atom. The molecule has 1 unspecified atom stereocenters. The molecule has 3 rings (SSSR count). The summed E-state index contributed by atoms with van der Waals surface area (Å²) < 4.78 is 4.04. The number of carboxylic acid groups (broad SMARTS) is 1. The first-order chi connectivity index (χ1) is 15.1. The average molecular weight is 436 g/mol. The first-order valence-corrected chi connectivity index (χ1v) is 10.9. The predicted octanol–water partition coefficient (Wildman–Crippen LogP) is 4.91. The van der Waals surface area contributed by atoms with Gasteiger partial charge in [-0.1, -0.05) is 91.0 Å². The summed E-state index contributed by atoms with van der Waals surface area (Å²) in [5.41, 5.74) is 3.31. The lowest BCUT2D eigenvalue weighted by Crippen LogP contribution is -2.41. The normalized spacial score (nSPS) is 12.0. The summed E-state index contributed by atoms with van der Waals surface area (Å²) >= 11 is 1.65. The van der Waals surface area contributed by atoms with Gasteiger partial charge in [-0.3, -0.25) is 0 Å². The number of hydrogen-bond acceptors (Lipinski definition) is 4. The quantitative estimate of drug-likeness (QED) is 0.467. The maximum Gasteiger partial charge on any atom is 0.407 e. The number of aliphatic carboxylic acids is 1. The van der Waals surface area contributed by atoms with Crippen LogP contribution < -0.4 is 5.32 Å². The summed E-state index contributed by atoms with van der Waals surface area (Å²) in [5, 5.41) is 11.9. The lowest BCUT2D eigenvalue weighted by molar-refractivity contribution is -0.139. The van der Waals surface area contributed by atoms with Gasteiger partial charge in [0.2, 0.25) is 0 Å². The van der Waals surface area contributed by atoms with Crippen molar-refractivity contribution in [3.8, 4) is 0 Å². The predicted molar refractivity (Wildman–Crippen MR) is 123 cm³/mol. The summed E-state index contributed by atoms with van der Waals surface area (Å²) in [6.45, 7) is 0. The van der Waals surface area contributed by atoms with Gasteiger partial charge in [0, 0.05) is 0 Å². The topological polar surface area (TPSA) is 75.6 Å². The van der Waals surface area contributed by atoms with Crippen molar-refractivity contribution in [2.75, 3.05) is 12.9 Å². The zero-order valence-corrected chi connectivity index (χ0v) is 18.0. The van der Waals surface area contributed by atoms with Crippen LogP contribution in [0.1, 0.15) is 23.1 Å². The Bertz CT molecular complexity index is 884. The van der Waals surface area contributed by atoms with E-state index < -0.39 is 22.9 Å². The Balaban J connectivity index is 2.00. The molecule has 5 nitrogen and oxygen atoms in total. The van der Waals surface area contributed by atoms with Crippen LogP contribution in [-0.2, 0) is 14.3 Å². The molecule has 0 heterocycles. The Kier molecular flexibility index (Phi) is 7.73. The molecule has 31 heavy (non-hydrogen) atoms. The van der Waals surface area contributed by atoms with Crippen LogP contribution >= 0.6 is 11.8 Å². The molecule has 0 saturated carbocycles. The number of carboxylic acids is 1. The second-order valence-corrected chi connectivity index (χ2v) is 8.25. The Hall–Kier alpha value is -3.25. The highest BCUT2D eigenvalue weighted by Crippen LogP contribution is 2.48. The highest BCUT2D eigenvalue weighted by molar-refractivity contribution is 8.00. The second-order valence-electron chi connectivity index (χ2n) is 6.94. The van der Waals surface area contributed by atoms with Crippen LogP contribution in [0.25, 0.3) is 0 Å². The van der Waals surface area contributed by atoms with Gasteiger partial charge in [-0.2, -0.15) is 0 Å².